The summed E-state index contributed by atoms with van der Waals surface area (Å²) >= 11 is 5.76. The first kappa shape index (κ1) is 25.8. The lowest BCUT2D eigenvalue weighted by Crippen LogP contribution is -2.49. The van der Waals surface area contributed by atoms with Gasteiger partial charge >= 0.3 is 0 Å². The summed E-state index contributed by atoms with van der Waals surface area (Å²) in [4.78, 5) is 13.8. The van der Waals surface area contributed by atoms with Crippen molar-refractivity contribution < 1.29 is 18.3 Å². The molecule has 1 aromatic heterocycles. The van der Waals surface area contributed by atoms with Gasteiger partial charge in [-0.05, 0) is 30.3 Å². The minimum Gasteiger partial charge on any atom is -0.493 e. The second kappa shape index (κ2) is 11.2. The lowest BCUT2D eigenvalue weighted by molar-refractivity contribution is 0.339. The van der Waals surface area contributed by atoms with E-state index in [1.165, 1.54) is 26.4 Å². The summed E-state index contributed by atoms with van der Waals surface area (Å²) in [5, 5.41) is 3.80. The molecule has 1 saturated heterocycles. The monoisotopic (exact) mass is 516 g/mol. The van der Waals surface area contributed by atoms with Crippen LogP contribution in [-0.4, -0.2) is 66.8 Å². The Bertz CT molecular complexity index is 1240. The minimum absolute atomic E-state index is 0.000281. The third-order valence-electron chi connectivity index (χ3n) is 6.31. The van der Waals surface area contributed by atoms with E-state index in [9.17, 15) is 4.39 Å². The van der Waals surface area contributed by atoms with E-state index in [2.05, 4.69) is 20.2 Å². The van der Waals surface area contributed by atoms with Crippen molar-refractivity contribution in [2.24, 2.45) is 0 Å². The van der Waals surface area contributed by atoms with E-state index in [0.717, 1.165) is 17.1 Å². The van der Waals surface area contributed by atoms with Crippen molar-refractivity contribution in [2.45, 2.75) is 19.4 Å². The maximum Gasteiger partial charge on any atom is 0.228 e. The quantitative estimate of drug-likeness (QED) is 0.435. The summed E-state index contributed by atoms with van der Waals surface area (Å²) in [6.07, 6.45) is 0.626. The average molecular weight is 517 g/mol. The fourth-order valence-corrected chi connectivity index (χ4v) is 4.74. The molecule has 3 N–H and O–H groups in total. The minimum atomic E-state index is -0.641. The second-order valence-electron chi connectivity index (χ2n) is 8.46. The second-order valence-corrected chi connectivity index (χ2v) is 8.94. The molecular weight excluding hydrogens is 486 g/mol. The number of anilines is 2. The molecule has 0 spiro atoms. The van der Waals surface area contributed by atoms with Gasteiger partial charge in [0.15, 0.2) is 17.3 Å². The third kappa shape index (κ3) is 5.26. The molecule has 1 atom stereocenters. The van der Waals surface area contributed by atoms with Gasteiger partial charge in [-0.1, -0.05) is 31.3 Å². The zero-order valence-corrected chi connectivity index (χ0v) is 21.4. The number of ether oxygens (including phenoxy) is 2. The van der Waals surface area contributed by atoms with Crippen molar-refractivity contribution in [3.63, 3.8) is 0 Å². The summed E-state index contributed by atoms with van der Waals surface area (Å²) < 4.78 is 38.9. The van der Waals surface area contributed by atoms with E-state index in [1.54, 1.807) is 18.2 Å². The van der Waals surface area contributed by atoms with E-state index in [0.29, 0.717) is 43.9 Å². The molecule has 36 heavy (non-hydrogen) atoms. The average Bonchev–Trinajstić information content (AvgIpc) is 2.89. The number of rotatable bonds is 8. The summed E-state index contributed by atoms with van der Waals surface area (Å²) in [5.74, 6) is -0.183. The first-order valence-electron chi connectivity index (χ1n) is 11.8. The van der Waals surface area contributed by atoms with Crippen LogP contribution in [0.15, 0.2) is 30.3 Å². The van der Waals surface area contributed by atoms with Gasteiger partial charge in [0.25, 0.3) is 0 Å². The highest BCUT2D eigenvalue weighted by Crippen LogP contribution is 2.37. The van der Waals surface area contributed by atoms with Gasteiger partial charge in [0.1, 0.15) is 17.2 Å². The molecular formula is C25H30F2N6O2S. The van der Waals surface area contributed by atoms with Crippen molar-refractivity contribution in [1.82, 2.24) is 20.2 Å². The smallest absolute Gasteiger partial charge is 0.228 e. The molecule has 192 valence electrons. The van der Waals surface area contributed by atoms with Crippen LogP contribution >= 0.6 is 12.2 Å². The molecule has 1 aliphatic heterocycles. The molecule has 11 heteroatoms. The zero-order valence-electron chi connectivity index (χ0n) is 20.6. The van der Waals surface area contributed by atoms with Gasteiger partial charge in [-0.25, -0.2) is 13.8 Å². The Balaban J connectivity index is 1.47. The first-order chi connectivity index (χ1) is 17.4. The number of nitrogens with two attached hydrogens (primary N) is 1. The number of fused-ring (bicyclic) bond motifs is 1. The summed E-state index contributed by atoms with van der Waals surface area (Å²) in [7, 11) is 2.80. The topological polar surface area (TPSA) is 88.8 Å². The number of aromatic nitrogens is 2. The van der Waals surface area contributed by atoms with E-state index in [4.69, 9.17) is 27.4 Å². The van der Waals surface area contributed by atoms with Gasteiger partial charge in [0.2, 0.25) is 5.95 Å². The van der Waals surface area contributed by atoms with Gasteiger partial charge < -0.3 is 30.3 Å². The van der Waals surface area contributed by atoms with Crippen molar-refractivity contribution in [3.8, 4) is 11.5 Å². The molecule has 0 amide bonds. The number of nitrogens with one attached hydrogen (secondary N) is 1. The Morgan fingerprint density at radius 3 is 2.42 bits per heavy atom. The molecule has 0 saturated carbocycles. The number of hydrogen-bond donors (Lipinski definition) is 2. The molecule has 0 bridgehead atoms. The van der Waals surface area contributed by atoms with E-state index in [1.807, 2.05) is 11.8 Å². The van der Waals surface area contributed by atoms with Crippen molar-refractivity contribution in [3.05, 3.63) is 47.5 Å². The number of nitrogen functional groups attached to an aromatic ring is 1. The van der Waals surface area contributed by atoms with Gasteiger partial charge in [-0.2, -0.15) is 4.98 Å². The maximum atomic E-state index is 15.1. The van der Waals surface area contributed by atoms with Crippen LogP contribution < -0.4 is 25.4 Å². The predicted molar refractivity (Wildman–Crippen MR) is 141 cm³/mol. The van der Waals surface area contributed by atoms with Gasteiger partial charge in [-0.15, -0.1) is 0 Å². The molecule has 2 heterocycles. The van der Waals surface area contributed by atoms with Crippen LogP contribution in [0.2, 0.25) is 0 Å². The Hall–Kier alpha value is -3.31. The highest BCUT2D eigenvalue weighted by Gasteiger charge is 2.25. The maximum absolute atomic E-state index is 15.1. The zero-order chi connectivity index (χ0) is 25.8. The van der Waals surface area contributed by atoms with E-state index in [-0.39, 0.29) is 34.7 Å². The normalized spacial score (nSPS) is 14.7. The number of benzene rings is 2. The van der Waals surface area contributed by atoms with E-state index >= 15 is 4.39 Å². The number of halogens is 2. The van der Waals surface area contributed by atoms with E-state index < -0.39 is 5.82 Å². The van der Waals surface area contributed by atoms with Crippen LogP contribution in [0.4, 0.5) is 20.5 Å². The fraction of sp³-hybridized carbons (Fsp3) is 0.400. The molecule has 3 aromatic rings. The van der Waals surface area contributed by atoms with Gasteiger partial charge in [-0.3, -0.25) is 0 Å². The summed E-state index contributed by atoms with van der Waals surface area (Å²) in [6, 6.07) is 8.08. The van der Waals surface area contributed by atoms with Gasteiger partial charge in [0.05, 0.1) is 19.2 Å². The van der Waals surface area contributed by atoms with Crippen LogP contribution in [-0.2, 0) is 0 Å². The number of thiocarbonyl (C=S) groups is 1. The lowest BCUT2D eigenvalue weighted by Gasteiger charge is -2.37. The molecule has 0 unspecified atom stereocenters. The standard InChI is InChI=1S/C25H30F2N6O2S/c1-4-29-18(15-5-7-16(26)8-6-15)14-20(36)32-9-11-33(12-10-32)25-30-22-17(24(28)31-25)13-19(34-2)23(35-3)21(22)27/h5-8,13,18,29H,4,9-12,14H2,1-3H3,(H2,28,30,31)/t18-/m1/s1. The molecule has 4 rings (SSSR count). The number of nitrogens with zero attached hydrogens (tertiary/aromatic N) is 4. The van der Waals surface area contributed by atoms with Crippen LogP contribution in [0.3, 0.4) is 0 Å². The summed E-state index contributed by atoms with van der Waals surface area (Å²) in [5.41, 5.74) is 7.25. The largest absolute Gasteiger partial charge is 0.493 e. The van der Waals surface area contributed by atoms with Crippen LogP contribution in [0.5, 0.6) is 11.5 Å². The van der Waals surface area contributed by atoms with Crippen molar-refractivity contribution >= 4 is 39.9 Å². The molecule has 1 fully saturated rings. The molecule has 0 radical (unpaired) electrons. The predicted octanol–water partition coefficient (Wildman–Crippen LogP) is 3.70. The number of methoxy groups -OCH3 is 2. The Kier molecular flexibility index (Phi) is 8.00. The van der Waals surface area contributed by atoms with Crippen LogP contribution in [0.1, 0.15) is 24.9 Å². The Morgan fingerprint density at radius 1 is 1.11 bits per heavy atom. The van der Waals surface area contributed by atoms with Crippen LogP contribution in [0.25, 0.3) is 10.9 Å². The number of hydrogen-bond acceptors (Lipinski definition) is 8. The van der Waals surface area contributed by atoms with Crippen molar-refractivity contribution in [1.29, 1.82) is 0 Å². The highest BCUT2D eigenvalue weighted by atomic mass is 32.1. The third-order valence-corrected chi connectivity index (χ3v) is 6.74. The molecule has 0 aliphatic carbocycles. The first-order valence-corrected chi connectivity index (χ1v) is 12.2. The Labute approximate surface area is 214 Å². The highest BCUT2D eigenvalue weighted by molar-refractivity contribution is 7.80. The van der Waals surface area contributed by atoms with Gasteiger partial charge in [0, 0.05) is 44.0 Å². The molecule has 2 aromatic carbocycles. The summed E-state index contributed by atoms with van der Waals surface area (Å²) in [6.45, 7) is 5.33. The molecule has 1 aliphatic rings. The lowest BCUT2D eigenvalue weighted by atomic mass is 10.0. The van der Waals surface area contributed by atoms with Crippen molar-refractivity contribution in [2.75, 3.05) is 57.6 Å². The molecule has 8 nitrogen and oxygen atoms in total. The SMILES string of the molecule is CCN[C@H](CC(=S)N1CCN(c2nc(N)c3cc(OC)c(OC)c(F)c3n2)CC1)c1ccc(F)cc1. The van der Waals surface area contributed by atoms with Crippen LogP contribution in [0, 0.1) is 11.6 Å². The fourth-order valence-electron chi connectivity index (χ4n) is 4.39. The Morgan fingerprint density at radius 2 is 1.81 bits per heavy atom. The number of piperazine rings is 1.